The number of pyridine rings is 1. The molecule has 1 amide bonds. The van der Waals surface area contributed by atoms with Crippen LogP contribution in [0.3, 0.4) is 0 Å². The normalized spacial score (nSPS) is 19.7. The molecule has 9 nitrogen and oxygen atoms in total. The summed E-state index contributed by atoms with van der Waals surface area (Å²) < 4.78 is 32.5. The van der Waals surface area contributed by atoms with Gasteiger partial charge in [-0.1, -0.05) is 18.2 Å². The summed E-state index contributed by atoms with van der Waals surface area (Å²) in [4.78, 5) is 32.1. The van der Waals surface area contributed by atoms with E-state index in [2.05, 4.69) is 4.98 Å². The van der Waals surface area contributed by atoms with Crippen LogP contribution >= 0.6 is 0 Å². The molecule has 0 spiro atoms. The van der Waals surface area contributed by atoms with Gasteiger partial charge in [0.05, 0.1) is 23.6 Å². The molecule has 2 saturated heterocycles. The van der Waals surface area contributed by atoms with Gasteiger partial charge in [0.15, 0.2) is 0 Å². The number of ketones is 1. The third-order valence-electron chi connectivity index (χ3n) is 6.88. The van der Waals surface area contributed by atoms with Gasteiger partial charge in [0.2, 0.25) is 10.0 Å². The zero-order chi connectivity index (χ0) is 26.9. The Morgan fingerprint density at radius 1 is 1.03 bits per heavy atom. The number of rotatable bonds is 7. The largest absolute Gasteiger partial charge is 0.507 e. The number of aliphatic hydroxyl groups excluding tert-OH is 1. The highest BCUT2D eigenvalue weighted by atomic mass is 32.2. The molecule has 1 N–H and O–H groups in total. The van der Waals surface area contributed by atoms with Crippen molar-refractivity contribution in [2.24, 2.45) is 0 Å². The third kappa shape index (κ3) is 4.68. The number of likely N-dealkylation sites (tertiary alicyclic amines) is 1. The van der Waals surface area contributed by atoms with Gasteiger partial charge >= 0.3 is 0 Å². The van der Waals surface area contributed by atoms with Crippen LogP contribution in [0.4, 0.5) is 0 Å². The molecular formula is C28H27N3O6S. The van der Waals surface area contributed by atoms with E-state index in [0.29, 0.717) is 24.4 Å². The highest BCUT2D eigenvalue weighted by Gasteiger charge is 2.46. The lowest BCUT2D eigenvalue weighted by molar-refractivity contribution is -0.140. The van der Waals surface area contributed by atoms with Gasteiger partial charge in [-0.15, -0.1) is 0 Å². The SMILES string of the molecule is COc1ccc([C@H]2C(=C(O)c3ccc(S(=O)(=O)N4CCCC4)cc3)C(=O)C(=O)N2Cc2cccnc2)cc1. The summed E-state index contributed by atoms with van der Waals surface area (Å²) in [5.74, 6) is -1.33. The average molecular weight is 534 g/mol. The standard InChI is InChI=1S/C28H27N3O6S/c1-37-22-10-6-20(7-11-22)25-24(27(33)28(34)31(25)18-19-5-4-14-29-17-19)26(32)21-8-12-23(13-9-21)38(35,36)30-15-2-3-16-30/h4-14,17,25,32H,2-3,15-16,18H2,1H3/t25-/m0/s1. The van der Waals surface area contributed by atoms with Crippen molar-refractivity contribution >= 4 is 27.5 Å². The molecule has 0 radical (unpaired) electrons. The number of hydrogen-bond donors (Lipinski definition) is 1. The Labute approximate surface area is 221 Å². The minimum atomic E-state index is -3.63. The van der Waals surface area contributed by atoms with E-state index in [0.717, 1.165) is 18.4 Å². The van der Waals surface area contributed by atoms with Gasteiger partial charge in [0, 0.05) is 37.6 Å². The van der Waals surface area contributed by atoms with Crippen molar-refractivity contribution < 1.29 is 27.9 Å². The van der Waals surface area contributed by atoms with Crippen molar-refractivity contribution in [3.63, 3.8) is 0 Å². The molecule has 2 aliphatic heterocycles. The summed E-state index contributed by atoms with van der Waals surface area (Å²) in [5, 5.41) is 11.3. The highest BCUT2D eigenvalue weighted by Crippen LogP contribution is 2.40. The van der Waals surface area contributed by atoms with Crippen molar-refractivity contribution in [3.05, 3.63) is 95.3 Å². The number of nitrogens with zero attached hydrogens (tertiary/aromatic N) is 3. The van der Waals surface area contributed by atoms with E-state index in [1.165, 1.54) is 40.6 Å². The van der Waals surface area contributed by atoms with E-state index in [4.69, 9.17) is 4.74 Å². The predicted octanol–water partition coefficient (Wildman–Crippen LogP) is 3.50. The van der Waals surface area contributed by atoms with Crippen molar-refractivity contribution in [1.82, 2.24) is 14.2 Å². The van der Waals surface area contributed by atoms with Crippen LogP contribution in [0, 0.1) is 0 Å². The molecule has 2 aliphatic rings. The maximum Gasteiger partial charge on any atom is 0.295 e. The average Bonchev–Trinajstić information content (AvgIpc) is 3.58. The molecule has 5 rings (SSSR count). The van der Waals surface area contributed by atoms with Gasteiger partial charge in [0.25, 0.3) is 11.7 Å². The third-order valence-corrected chi connectivity index (χ3v) is 8.79. The Kier molecular flexibility index (Phi) is 7.00. The number of aliphatic hydroxyl groups is 1. The first-order valence-corrected chi connectivity index (χ1v) is 13.7. The summed E-state index contributed by atoms with van der Waals surface area (Å²) in [7, 11) is -2.10. The van der Waals surface area contributed by atoms with Gasteiger partial charge in [-0.3, -0.25) is 14.6 Å². The van der Waals surface area contributed by atoms with Crippen molar-refractivity contribution in [2.45, 2.75) is 30.3 Å². The number of benzene rings is 2. The number of ether oxygens (including phenoxy) is 1. The molecule has 0 saturated carbocycles. The van der Waals surface area contributed by atoms with Crippen molar-refractivity contribution in [2.75, 3.05) is 20.2 Å². The van der Waals surface area contributed by atoms with E-state index in [1.54, 1.807) is 48.8 Å². The summed E-state index contributed by atoms with van der Waals surface area (Å²) in [6.45, 7) is 1.07. The van der Waals surface area contributed by atoms with Crippen LogP contribution in [0.2, 0.25) is 0 Å². The predicted molar refractivity (Wildman–Crippen MR) is 140 cm³/mol. The summed E-state index contributed by atoms with van der Waals surface area (Å²) in [5.41, 5.74) is 1.51. The Morgan fingerprint density at radius 3 is 2.32 bits per heavy atom. The first kappa shape index (κ1) is 25.6. The molecule has 3 heterocycles. The van der Waals surface area contributed by atoms with Gasteiger partial charge < -0.3 is 14.7 Å². The maximum absolute atomic E-state index is 13.3. The Morgan fingerprint density at radius 2 is 1.71 bits per heavy atom. The second kappa shape index (κ2) is 10.4. The Bertz CT molecular complexity index is 1480. The fraction of sp³-hybridized carbons (Fsp3) is 0.250. The second-order valence-corrected chi connectivity index (χ2v) is 11.1. The first-order valence-electron chi connectivity index (χ1n) is 12.2. The number of aromatic nitrogens is 1. The molecule has 10 heteroatoms. The van der Waals surface area contributed by atoms with Crippen LogP contribution < -0.4 is 4.74 Å². The van der Waals surface area contributed by atoms with Crippen LogP contribution in [0.5, 0.6) is 5.75 Å². The molecule has 1 atom stereocenters. The fourth-order valence-corrected chi connectivity index (χ4v) is 6.40. The number of Topliss-reactive ketones (excluding diaryl/α,β-unsaturated/α-hetero) is 1. The molecule has 0 bridgehead atoms. The van der Waals surface area contributed by atoms with Crippen molar-refractivity contribution in [1.29, 1.82) is 0 Å². The van der Waals surface area contributed by atoms with E-state index < -0.39 is 27.8 Å². The maximum atomic E-state index is 13.3. The van der Waals surface area contributed by atoms with Gasteiger partial charge in [-0.25, -0.2) is 8.42 Å². The van der Waals surface area contributed by atoms with Gasteiger partial charge in [0.1, 0.15) is 11.5 Å². The smallest absolute Gasteiger partial charge is 0.295 e. The number of carbonyl (C=O) groups is 2. The summed E-state index contributed by atoms with van der Waals surface area (Å²) >= 11 is 0. The Balaban J connectivity index is 1.56. The van der Waals surface area contributed by atoms with Crippen LogP contribution in [0.15, 0.2) is 83.5 Å². The molecule has 0 unspecified atom stereocenters. The van der Waals surface area contributed by atoms with Crippen LogP contribution in [-0.2, 0) is 26.2 Å². The molecule has 1 aromatic heterocycles. The lowest BCUT2D eigenvalue weighted by atomic mass is 9.95. The fourth-order valence-electron chi connectivity index (χ4n) is 4.88. The number of hydrogen-bond acceptors (Lipinski definition) is 7. The minimum absolute atomic E-state index is 0.0702. The molecule has 3 aromatic rings. The van der Waals surface area contributed by atoms with Gasteiger partial charge in [-0.05, 0) is 66.4 Å². The van der Waals surface area contributed by atoms with E-state index in [1.807, 2.05) is 0 Å². The minimum Gasteiger partial charge on any atom is -0.507 e. The lowest BCUT2D eigenvalue weighted by Crippen LogP contribution is -2.29. The monoisotopic (exact) mass is 533 g/mol. The molecule has 0 aliphatic carbocycles. The lowest BCUT2D eigenvalue weighted by Gasteiger charge is -2.25. The molecule has 196 valence electrons. The number of sulfonamides is 1. The molecular weight excluding hydrogens is 506 g/mol. The van der Waals surface area contributed by atoms with Crippen molar-refractivity contribution in [3.8, 4) is 5.75 Å². The topological polar surface area (TPSA) is 117 Å². The number of amides is 1. The molecule has 2 fully saturated rings. The van der Waals surface area contributed by atoms with Gasteiger partial charge in [-0.2, -0.15) is 4.31 Å². The van der Waals surface area contributed by atoms with Crippen LogP contribution in [0.1, 0.15) is 35.6 Å². The second-order valence-electron chi connectivity index (χ2n) is 9.20. The number of carbonyl (C=O) groups excluding carboxylic acids is 2. The van der Waals surface area contributed by atoms with Crippen LogP contribution in [0.25, 0.3) is 5.76 Å². The highest BCUT2D eigenvalue weighted by molar-refractivity contribution is 7.89. The quantitative estimate of drug-likeness (QED) is 0.281. The zero-order valence-electron chi connectivity index (χ0n) is 20.8. The summed E-state index contributed by atoms with van der Waals surface area (Å²) in [6, 6.07) is 15.3. The van der Waals surface area contributed by atoms with E-state index >= 15 is 0 Å². The Hall–Kier alpha value is -4.02. The van der Waals surface area contributed by atoms with E-state index in [9.17, 15) is 23.1 Å². The molecule has 38 heavy (non-hydrogen) atoms. The zero-order valence-corrected chi connectivity index (χ0v) is 21.6. The molecule has 2 aromatic carbocycles. The van der Waals surface area contributed by atoms with E-state index in [-0.39, 0.29) is 28.3 Å². The van der Waals surface area contributed by atoms with Crippen LogP contribution in [-0.4, -0.2) is 59.6 Å². The number of methoxy groups -OCH3 is 1. The first-order chi connectivity index (χ1) is 18.3. The summed E-state index contributed by atoms with van der Waals surface area (Å²) in [6.07, 6.45) is 4.88.